The van der Waals surface area contributed by atoms with Crippen molar-refractivity contribution >= 4 is 28.8 Å². The molecule has 1 saturated heterocycles. The summed E-state index contributed by atoms with van der Waals surface area (Å²) in [6, 6.07) is 0. The van der Waals surface area contributed by atoms with Gasteiger partial charge in [0.05, 0.1) is 22.9 Å². The molecule has 1 aromatic heterocycles. The number of alkyl halides is 1. The smallest absolute Gasteiger partial charge is 0.139 e. The van der Waals surface area contributed by atoms with Gasteiger partial charge in [0, 0.05) is 31.7 Å². The van der Waals surface area contributed by atoms with Crippen molar-refractivity contribution in [1.82, 2.24) is 14.9 Å². The Kier molecular flexibility index (Phi) is 19.9. The average molecular weight is 510 g/mol. The van der Waals surface area contributed by atoms with Gasteiger partial charge in [-0.2, -0.15) is 0 Å². The molecule has 0 unspecified atom stereocenters. The lowest BCUT2D eigenvalue weighted by molar-refractivity contribution is 0.380. The molecule has 0 bridgehead atoms. The third kappa shape index (κ3) is 12.3. The number of hydrogen-bond donors (Lipinski definition) is 0. The second-order valence-corrected chi connectivity index (χ2v) is 9.60. The Morgan fingerprint density at radius 1 is 0.971 bits per heavy atom. The lowest BCUT2D eigenvalue weighted by Gasteiger charge is -2.37. The van der Waals surface area contributed by atoms with Crippen LogP contribution in [0.2, 0.25) is 0 Å². The molecule has 0 spiro atoms. The Labute approximate surface area is 223 Å². The van der Waals surface area contributed by atoms with Crippen LogP contribution >= 0.6 is 11.6 Å². The minimum atomic E-state index is -0.296. The van der Waals surface area contributed by atoms with Crippen molar-refractivity contribution in [3.05, 3.63) is 23.2 Å². The number of nitrogens with zero attached hydrogens (tertiary/aromatic N) is 5. The van der Waals surface area contributed by atoms with Crippen LogP contribution < -0.4 is 4.90 Å². The predicted molar refractivity (Wildman–Crippen MR) is 160 cm³/mol. The first-order valence-electron chi connectivity index (χ1n) is 13.9. The predicted octanol–water partition coefficient (Wildman–Crippen LogP) is 8.41. The highest BCUT2D eigenvalue weighted by molar-refractivity contribution is 6.23. The van der Waals surface area contributed by atoms with Crippen molar-refractivity contribution < 1.29 is 0 Å². The molecule has 0 radical (unpaired) electrons. The maximum atomic E-state index is 6.29. The molecule has 6 heteroatoms. The minimum absolute atomic E-state index is 0.296. The molecule has 35 heavy (non-hydrogen) atoms. The van der Waals surface area contributed by atoms with Crippen molar-refractivity contribution in [2.24, 2.45) is 4.99 Å². The van der Waals surface area contributed by atoms with Gasteiger partial charge in [0.1, 0.15) is 12.1 Å². The molecule has 1 aromatic rings. The molecule has 1 aliphatic rings. The standard InChI is InChI=1S/C23H38ClN5.3C2H6/c1-8-10-20(17(3)9-2)21-18(4)26-16-27-22(21)29-13-11-28(12-14-29)19(5)25-15-23(6,7)24;3*1-2/h16H,8-15H2,1-7H3;3*1-2H3/b20-17+,25-19?;;;. The molecule has 5 nitrogen and oxygen atoms in total. The van der Waals surface area contributed by atoms with Crippen LogP contribution in [0, 0.1) is 6.92 Å². The van der Waals surface area contributed by atoms with Gasteiger partial charge in [-0.05, 0) is 53.0 Å². The number of aromatic nitrogens is 2. The highest BCUT2D eigenvalue weighted by Crippen LogP contribution is 2.34. The molecule has 0 aliphatic carbocycles. The van der Waals surface area contributed by atoms with Crippen LogP contribution in [0.25, 0.3) is 5.57 Å². The molecule has 0 N–H and O–H groups in total. The van der Waals surface area contributed by atoms with Gasteiger partial charge >= 0.3 is 0 Å². The van der Waals surface area contributed by atoms with Gasteiger partial charge in [-0.25, -0.2) is 9.97 Å². The van der Waals surface area contributed by atoms with E-state index in [1.807, 2.05) is 55.4 Å². The minimum Gasteiger partial charge on any atom is -0.357 e. The van der Waals surface area contributed by atoms with E-state index in [9.17, 15) is 0 Å². The molecular weight excluding hydrogens is 454 g/mol. The molecule has 204 valence electrons. The summed E-state index contributed by atoms with van der Waals surface area (Å²) >= 11 is 6.29. The van der Waals surface area contributed by atoms with E-state index in [-0.39, 0.29) is 4.87 Å². The summed E-state index contributed by atoms with van der Waals surface area (Å²) in [7, 11) is 0. The number of aliphatic imine (C=N–C) groups is 1. The first kappa shape index (κ1) is 35.5. The summed E-state index contributed by atoms with van der Waals surface area (Å²) in [6.07, 6.45) is 4.96. The van der Waals surface area contributed by atoms with E-state index in [1.54, 1.807) is 6.33 Å². The lowest BCUT2D eigenvalue weighted by atomic mass is 9.94. The molecule has 0 aromatic carbocycles. The summed E-state index contributed by atoms with van der Waals surface area (Å²) < 4.78 is 0. The molecule has 1 fully saturated rings. The fraction of sp³-hybridized carbons (Fsp3) is 0.759. The van der Waals surface area contributed by atoms with E-state index in [0.29, 0.717) is 6.54 Å². The first-order valence-corrected chi connectivity index (χ1v) is 14.3. The number of halogens is 1. The number of aryl methyl sites for hydroxylation is 1. The van der Waals surface area contributed by atoms with Crippen molar-refractivity contribution in [2.45, 2.75) is 114 Å². The van der Waals surface area contributed by atoms with Crippen LogP contribution in [0.1, 0.15) is 114 Å². The van der Waals surface area contributed by atoms with E-state index in [1.165, 1.54) is 16.7 Å². The zero-order chi connectivity index (χ0) is 27.6. The van der Waals surface area contributed by atoms with Crippen molar-refractivity contribution in [3.8, 4) is 0 Å². The van der Waals surface area contributed by atoms with Gasteiger partial charge < -0.3 is 9.80 Å². The topological polar surface area (TPSA) is 44.6 Å². The Morgan fingerprint density at radius 2 is 1.51 bits per heavy atom. The van der Waals surface area contributed by atoms with Crippen molar-refractivity contribution in [3.63, 3.8) is 0 Å². The molecule has 2 rings (SSSR count). The van der Waals surface area contributed by atoms with Crippen LogP contribution in [0.4, 0.5) is 5.82 Å². The van der Waals surface area contributed by atoms with Crippen LogP contribution in [-0.2, 0) is 0 Å². The van der Waals surface area contributed by atoms with Crippen LogP contribution in [-0.4, -0.2) is 58.3 Å². The zero-order valence-corrected chi connectivity index (χ0v) is 26.1. The van der Waals surface area contributed by atoms with Gasteiger partial charge in [0.15, 0.2) is 0 Å². The Hall–Kier alpha value is -1.62. The van der Waals surface area contributed by atoms with Crippen molar-refractivity contribution in [2.75, 3.05) is 37.6 Å². The summed E-state index contributed by atoms with van der Waals surface area (Å²) in [5.74, 6) is 2.16. The van der Waals surface area contributed by atoms with E-state index >= 15 is 0 Å². The Bertz CT molecular complexity index is 742. The average Bonchev–Trinajstić information content (AvgIpc) is 2.89. The van der Waals surface area contributed by atoms with E-state index < -0.39 is 0 Å². The third-order valence-corrected chi connectivity index (χ3v) is 5.70. The molecule has 0 saturated carbocycles. The van der Waals surface area contributed by atoms with Crippen LogP contribution in [0.5, 0.6) is 0 Å². The Balaban J connectivity index is 0. The van der Waals surface area contributed by atoms with Crippen LogP contribution in [0.3, 0.4) is 0 Å². The number of allylic oxidation sites excluding steroid dienone is 2. The largest absolute Gasteiger partial charge is 0.357 e. The maximum Gasteiger partial charge on any atom is 0.139 e. The lowest BCUT2D eigenvalue weighted by Crippen LogP contribution is -2.49. The highest BCUT2D eigenvalue weighted by Gasteiger charge is 2.24. The van der Waals surface area contributed by atoms with E-state index in [0.717, 1.165) is 62.8 Å². The fourth-order valence-electron chi connectivity index (χ4n) is 3.71. The fourth-order valence-corrected chi connectivity index (χ4v) is 3.77. The van der Waals surface area contributed by atoms with Crippen LogP contribution in [0.15, 0.2) is 16.9 Å². The Morgan fingerprint density at radius 3 is 1.97 bits per heavy atom. The third-order valence-electron chi connectivity index (χ3n) is 5.58. The molecule has 0 amide bonds. The van der Waals surface area contributed by atoms with Gasteiger partial charge in [-0.3, -0.25) is 4.99 Å². The second-order valence-electron chi connectivity index (χ2n) is 8.58. The normalized spacial score (nSPS) is 14.5. The quantitative estimate of drug-likeness (QED) is 0.210. The molecule has 0 atom stereocenters. The molecular formula is C29H56ClN5. The second kappa shape index (κ2) is 19.6. The zero-order valence-electron chi connectivity index (χ0n) is 25.3. The van der Waals surface area contributed by atoms with Gasteiger partial charge in [0.2, 0.25) is 0 Å². The van der Waals surface area contributed by atoms with E-state index in [2.05, 4.69) is 49.4 Å². The van der Waals surface area contributed by atoms with Gasteiger partial charge in [0.25, 0.3) is 0 Å². The number of piperazine rings is 1. The molecule has 1 aliphatic heterocycles. The van der Waals surface area contributed by atoms with Gasteiger partial charge in [-0.1, -0.05) is 67.4 Å². The number of hydrogen-bond acceptors (Lipinski definition) is 4. The first-order chi connectivity index (χ1) is 16.7. The summed E-state index contributed by atoms with van der Waals surface area (Å²) in [5, 5.41) is 0. The monoisotopic (exact) mass is 509 g/mol. The van der Waals surface area contributed by atoms with E-state index in [4.69, 9.17) is 21.6 Å². The van der Waals surface area contributed by atoms with Crippen molar-refractivity contribution in [1.29, 1.82) is 0 Å². The number of anilines is 1. The summed E-state index contributed by atoms with van der Waals surface area (Å²) in [6.45, 7) is 31.3. The molecule has 2 heterocycles. The number of amidine groups is 1. The van der Waals surface area contributed by atoms with Gasteiger partial charge in [-0.15, -0.1) is 11.6 Å². The highest BCUT2D eigenvalue weighted by atomic mass is 35.5. The summed E-state index contributed by atoms with van der Waals surface area (Å²) in [5.41, 5.74) is 5.19. The summed E-state index contributed by atoms with van der Waals surface area (Å²) in [4.78, 5) is 18.4. The maximum absolute atomic E-state index is 6.29. The number of rotatable bonds is 7. The SMILES string of the molecule is CC.CC.CC.CCC/C(=C(/C)CC)c1c(C)ncnc1N1CCN(C(C)=NCC(C)(C)Cl)CC1.